The predicted octanol–water partition coefficient (Wildman–Crippen LogP) is 1.89. The molecule has 0 bridgehead atoms. The third kappa shape index (κ3) is 4.67. The first kappa shape index (κ1) is 19.0. The minimum Gasteiger partial charge on any atom is -0.357 e. The van der Waals surface area contributed by atoms with E-state index in [2.05, 4.69) is 17.1 Å². The molecule has 1 saturated carbocycles. The summed E-state index contributed by atoms with van der Waals surface area (Å²) in [7, 11) is -3.04. The Kier molecular flexibility index (Phi) is 5.93. The summed E-state index contributed by atoms with van der Waals surface area (Å²) in [6.45, 7) is 7.40. The van der Waals surface area contributed by atoms with E-state index < -0.39 is 10.0 Å². The Morgan fingerprint density at radius 1 is 1.16 bits per heavy atom. The molecule has 1 N–H and O–H groups in total. The molecule has 1 aliphatic carbocycles. The topological polar surface area (TPSA) is 65.0 Å². The molecule has 0 aromatic heterocycles. The summed E-state index contributed by atoms with van der Waals surface area (Å²) in [6.07, 6.45) is 9.99. The lowest BCUT2D eigenvalue weighted by molar-refractivity contribution is 0.278. The average Bonchev–Trinajstić information content (AvgIpc) is 3.21. The summed E-state index contributed by atoms with van der Waals surface area (Å²) in [6, 6.07) is 0. The van der Waals surface area contributed by atoms with Crippen molar-refractivity contribution in [1.29, 1.82) is 0 Å². The molecule has 0 atom stereocenters. The molecule has 2 aliphatic heterocycles. The van der Waals surface area contributed by atoms with Crippen LogP contribution in [0.3, 0.4) is 0 Å². The Labute approximate surface area is 153 Å². The smallest absolute Gasteiger partial charge is 0.211 e. The Bertz CT molecular complexity index is 576. The van der Waals surface area contributed by atoms with Crippen molar-refractivity contribution >= 4 is 16.0 Å². The Morgan fingerprint density at radius 3 is 2.44 bits per heavy atom. The van der Waals surface area contributed by atoms with Gasteiger partial charge in [-0.2, -0.15) is 0 Å². The van der Waals surface area contributed by atoms with Gasteiger partial charge < -0.3 is 10.2 Å². The highest BCUT2D eigenvalue weighted by atomic mass is 32.2. The van der Waals surface area contributed by atoms with Crippen molar-refractivity contribution in [2.75, 3.05) is 45.5 Å². The van der Waals surface area contributed by atoms with E-state index in [0.29, 0.717) is 24.4 Å². The molecule has 3 aliphatic rings. The van der Waals surface area contributed by atoms with E-state index in [-0.39, 0.29) is 0 Å². The molecule has 0 unspecified atom stereocenters. The van der Waals surface area contributed by atoms with Gasteiger partial charge in [0.25, 0.3) is 0 Å². The molecule has 6 nitrogen and oxygen atoms in total. The number of aliphatic imine (C=N–C) groups is 1. The molecule has 0 aromatic rings. The first-order valence-electron chi connectivity index (χ1n) is 9.90. The van der Waals surface area contributed by atoms with Crippen LogP contribution in [0, 0.1) is 11.3 Å². The fourth-order valence-corrected chi connectivity index (χ4v) is 5.59. The van der Waals surface area contributed by atoms with E-state index >= 15 is 0 Å². The number of piperidine rings is 1. The maximum Gasteiger partial charge on any atom is 0.211 e. The minimum atomic E-state index is -3.04. The van der Waals surface area contributed by atoms with E-state index in [1.54, 1.807) is 4.31 Å². The van der Waals surface area contributed by atoms with Crippen molar-refractivity contribution in [3.05, 3.63) is 0 Å². The largest absolute Gasteiger partial charge is 0.357 e. The zero-order chi connectivity index (χ0) is 17.9. The van der Waals surface area contributed by atoms with E-state index in [1.807, 2.05) is 0 Å². The second-order valence-corrected chi connectivity index (χ2v) is 10.2. The van der Waals surface area contributed by atoms with Crippen molar-refractivity contribution in [3.8, 4) is 0 Å². The molecule has 2 heterocycles. The molecule has 3 fully saturated rings. The number of sulfonamides is 1. The van der Waals surface area contributed by atoms with Crippen molar-refractivity contribution in [1.82, 2.24) is 14.5 Å². The van der Waals surface area contributed by atoms with Crippen molar-refractivity contribution in [2.24, 2.45) is 16.3 Å². The van der Waals surface area contributed by atoms with Crippen LogP contribution in [0.2, 0.25) is 0 Å². The third-order valence-corrected chi connectivity index (χ3v) is 7.58. The van der Waals surface area contributed by atoms with Gasteiger partial charge in [0.2, 0.25) is 10.0 Å². The molecule has 25 heavy (non-hydrogen) atoms. The Hall–Kier alpha value is -0.820. The molecule has 0 radical (unpaired) electrons. The summed E-state index contributed by atoms with van der Waals surface area (Å²) < 4.78 is 24.8. The van der Waals surface area contributed by atoms with Gasteiger partial charge >= 0.3 is 0 Å². The first-order valence-corrected chi connectivity index (χ1v) is 11.8. The third-order valence-electron chi connectivity index (χ3n) is 6.28. The van der Waals surface area contributed by atoms with Crippen molar-refractivity contribution < 1.29 is 8.42 Å². The monoisotopic (exact) mass is 370 g/mol. The van der Waals surface area contributed by atoms with Gasteiger partial charge in [0.15, 0.2) is 5.96 Å². The van der Waals surface area contributed by atoms with Crippen molar-refractivity contribution in [2.45, 2.75) is 51.9 Å². The first-order chi connectivity index (χ1) is 11.9. The van der Waals surface area contributed by atoms with Gasteiger partial charge in [-0.1, -0.05) is 12.8 Å². The molecule has 3 rings (SSSR count). The summed E-state index contributed by atoms with van der Waals surface area (Å²) >= 11 is 0. The van der Waals surface area contributed by atoms with Crippen LogP contribution in [0.25, 0.3) is 0 Å². The second-order valence-electron chi connectivity index (χ2n) is 8.18. The highest BCUT2D eigenvalue weighted by Gasteiger charge is 2.41. The van der Waals surface area contributed by atoms with Gasteiger partial charge in [-0.15, -0.1) is 0 Å². The fourth-order valence-electron chi connectivity index (χ4n) is 4.71. The Morgan fingerprint density at radius 2 is 1.84 bits per heavy atom. The van der Waals surface area contributed by atoms with E-state index in [4.69, 9.17) is 4.99 Å². The van der Waals surface area contributed by atoms with Gasteiger partial charge in [0, 0.05) is 39.3 Å². The van der Waals surface area contributed by atoms with Gasteiger partial charge in [-0.25, -0.2) is 12.7 Å². The SMILES string of the molecule is CCNC(=NCC1CCN(S(C)(=O)=O)CC1)N1CCC2(CCCC2)C1. The zero-order valence-electron chi connectivity index (χ0n) is 15.8. The van der Waals surface area contributed by atoms with Crippen LogP contribution in [0.4, 0.5) is 0 Å². The predicted molar refractivity (Wildman–Crippen MR) is 102 cm³/mol. The van der Waals surface area contributed by atoms with Crippen LogP contribution in [-0.2, 0) is 10.0 Å². The highest BCUT2D eigenvalue weighted by molar-refractivity contribution is 7.88. The van der Waals surface area contributed by atoms with Crippen LogP contribution < -0.4 is 5.32 Å². The number of nitrogens with zero attached hydrogens (tertiary/aromatic N) is 3. The maximum absolute atomic E-state index is 11.6. The van der Waals surface area contributed by atoms with E-state index in [0.717, 1.165) is 45.0 Å². The van der Waals surface area contributed by atoms with Crippen LogP contribution in [0.15, 0.2) is 4.99 Å². The molecular formula is C18H34N4O2S. The van der Waals surface area contributed by atoms with Crippen LogP contribution in [0.5, 0.6) is 0 Å². The molecule has 7 heteroatoms. The van der Waals surface area contributed by atoms with Gasteiger partial charge in [0.05, 0.1) is 6.26 Å². The van der Waals surface area contributed by atoms with Crippen molar-refractivity contribution in [3.63, 3.8) is 0 Å². The van der Waals surface area contributed by atoms with Gasteiger partial charge in [-0.3, -0.25) is 4.99 Å². The van der Waals surface area contributed by atoms with Crippen LogP contribution in [-0.4, -0.2) is 69.1 Å². The van der Waals surface area contributed by atoms with Gasteiger partial charge in [0.1, 0.15) is 0 Å². The number of hydrogen-bond acceptors (Lipinski definition) is 3. The molecule has 1 spiro atoms. The molecule has 0 amide bonds. The summed E-state index contributed by atoms with van der Waals surface area (Å²) in [5.74, 6) is 1.56. The summed E-state index contributed by atoms with van der Waals surface area (Å²) in [4.78, 5) is 7.38. The second kappa shape index (κ2) is 7.82. The normalized spacial score (nSPS) is 25.8. The summed E-state index contributed by atoms with van der Waals surface area (Å²) in [5, 5.41) is 3.47. The lowest BCUT2D eigenvalue weighted by atomic mass is 9.86. The highest BCUT2D eigenvalue weighted by Crippen LogP contribution is 2.45. The standard InChI is InChI=1S/C18H34N4O2S/c1-3-19-17(21-13-10-18(15-21)8-4-5-9-18)20-14-16-6-11-22(12-7-16)25(2,23)24/h16H,3-15H2,1-2H3,(H,19,20). The van der Waals surface area contributed by atoms with Crippen LogP contribution in [0.1, 0.15) is 51.9 Å². The molecular weight excluding hydrogens is 336 g/mol. The fraction of sp³-hybridized carbons (Fsp3) is 0.944. The molecule has 0 aromatic carbocycles. The number of guanidine groups is 1. The summed E-state index contributed by atoms with van der Waals surface area (Å²) in [5.41, 5.74) is 0.553. The maximum atomic E-state index is 11.6. The van der Waals surface area contributed by atoms with E-state index in [9.17, 15) is 8.42 Å². The quantitative estimate of drug-likeness (QED) is 0.606. The number of hydrogen-bond donors (Lipinski definition) is 1. The van der Waals surface area contributed by atoms with E-state index in [1.165, 1.54) is 38.4 Å². The molecule has 144 valence electrons. The number of nitrogens with one attached hydrogen (secondary N) is 1. The average molecular weight is 371 g/mol. The Balaban J connectivity index is 1.55. The number of likely N-dealkylation sites (tertiary alicyclic amines) is 1. The molecule has 2 saturated heterocycles. The lowest BCUT2D eigenvalue weighted by Gasteiger charge is -2.30. The minimum absolute atomic E-state index is 0.495. The zero-order valence-corrected chi connectivity index (χ0v) is 16.7. The lowest BCUT2D eigenvalue weighted by Crippen LogP contribution is -2.42. The van der Waals surface area contributed by atoms with Crippen LogP contribution >= 0.6 is 0 Å². The number of rotatable bonds is 4. The van der Waals surface area contributed by atoms with Gasteiger partial charge in [-0.05, 0) is 50.4 Å².